The van der Waals surface area contributed by atoms with Crippen LogP contribution in [-0.4, -0.2) is 52.3 Å². The van der Waals surface area contributed by atoms with Gasteiger partial charge >= 0.3 is 0 Å². The Morgan fingerprint density at radius 3 is 2.54 bits per heavy atom. The Kier molecular flexibility index (Phi) is 4.75. The van der Waals surface area contributed by atoms with E-state index in [1.807, 2.05) is 38.5 Å². The summed E-state index contributed by atoms with van der Waals surface area (Å²) in [6, 6.07) is 9.12. The van der Waals surface area contributed by atoms with Crippen LogP contribution in [0, 0.1) is 0 Å². The Bertz CT molecular complexity index is 1140. The van der Waals surface area contributed by atoms with Crippen molar-refractivity contribution in [2.24, 2.45) is 5.73 Å². The number of nitrogens with two attached hydrogens (primary N) is 1. The minimum absolute atomic E-state index is 0.247. The summed E-state index contributed by atoms with van der Waals surface area (Å²) in [5.41, 5.74) is 11.6. The van der Waals surface area contributed by atoms with E-state index >= 15 is 0 Å². The van der Waals surface area contributed by atoms with E-state index in [4.69, 9.17) is 5.73 Å². The van der Waals surface area contributed by atoms with Crippen LogP contribution in [0.4, 0.5) is 0 Å². The highest BCUT2D eigenvalue weighted by molar-refractivity contribution is 6.03. The third kappa shape index (κ3) is 3.00. The third-order valence-corrected chi connectivity index (χ3v) is 5.29. The van der Waals surface area contributed by atoms with Crippen molar-refractivity contribution >= 4 is 21.8 Å². The average Bonchev–Trinajstić information content (AvgIpc) is 3.24. The molecule has 6 N–H and O–H groups in total. The lowest BCUT2D eigenvalue weighted by Gasteiger charge is -2.10. The molecular formula is C22H26N4O2. The Morgan fingerprint density at radius 1 is 1.00 bits per heavy atom. The first-order chi connectivity index (χ1) is 13.5. The van der Waals surface area contributed by atoms with Gasteiger partial charge in [0.2, 0.25) is 0 Å². The standard InChI is InChI=1S/C22H26N4O2/c1-26(2)11-9-13-12-24-22-15(6-7-18(28)19(13)22)21-14(8-10-23)20-16(25-21)4-3-5-17(20)27/h3-7,12,24-25,27-28H,8-11,23H2,1-2H3. The van der Waals surface area contributed by atoms with Crippen LogP contribution in [-0.2, 0) is 12.8 Å². The van der Waals surface area contributed by atoms with Crippen LogP contribution in [0.2, 0.25) is 0 Å². The second-order valence-electron chi connectivity index (χ2n) is 7.47. The number of nitrogens with one attached hydrogen (secondary N) is 2. The molecule has 0 amide bonds. The lowest BCUT2D eigenvalue weighted by Crippen LogP contribution is -2.14. The number of H-pyrrole nitrogens is 2. The topological polar surface area (TPSA) is 101 Å². The van der Waals surface area contributed by atoms with E-state index in [-0.39, 0.29) is 11.5 Å². The van der Waals surface area contributed by atoms with Gasteiger partial charge in [0.25, 0.3) is 0 Å². The molecule has 0 fully saturated rings. The number of rotatable bonds is 6. The molecule has 4 aromatic rings. The molecule has 0 atom stereocenters. The SMILES string of the molecule is CN(C)CCc1c[nH]c2c(-c3[nH]c4cccc(O)c4c3CCN)ccc(O)c12. The maximum absolute atomic E-state index is 10.5. The number of benzene rings is 2. The van der Waals surface area contributed by atoms with Crippen molar-refractivity contribution in [1.29, 1.82) is 0 Å². The number of aromatic nitrogens is 2. The number of phenolic OH excluding ortho intramolecular Hbond substituents is 2. The van der Waals surface area contributed by atoms with Crippen molar-refractivity contribution in [3.8, 4) is 22.8 Å². The van der Waals surface area contributed by atoms with E-state index in [1.54, 1.807) is 12.1 Å². The summed E-state index contributed by atoms with van der Waals surface area (Å²) in [5.74, 6) is 0.518. The molecule has 28 heavy (non-hydrogen) atoms. The number of nitrogens with zero attached hydrogens (tertiary/aromatic N) is 1. The molecule has 0 saturated carbocycles. The van der Waals surface area contributed by atoms with Crippen molar-refractivity contribution in [1.82, 2.24) is 14.9 Å². The molecule has 6 nitrogen and oxygen atoms in total. The number of likely N-dealkylation sites (N-methyl/N-ethyl adjacent to an activating group) is 1. The van der Waals surface area contributed by atoms with Gasteiger partial charge in [-0.2, -0.15) is 0 Å². The van der Waals surface area contributed by atoms with Crippen LogP contribution in [0.3, 0.4) is 0 Å². The molecule has 0 bridgehead atoms. The molecule has 0 radical (unpaired) electrons. The molecule has 0 unspecified atom stereocenters. The molecule has 0 saturated heterocycles. The van der Waals surface area contributed by atoms with Crippen LogP contribution >= 0.6 is 0 Å². The van der Waals surface area contributed by atoms with Crippen molar-refractivity contribution in [2.75, 3.05) is 27.2 Å². The molecule has 2 heterocycles. The van der Waals surface area contributed by atoms with Gasteiger partial charge < -0.3 is 30.8 Å². The van der Waals surface area contributed by atoms with Gasteiger partial charge in [0, 0.05) is 34.6 Å². The van der Waals surface area contributed by atoms with Gasteiger partial charge in [-0.05, 0) is 68.9 Å². The van der Waals surface area contributed by atoms with Crippen molar-refractivity contribution < 1.29 is 10.2 Å². The Hall–Kier alpha value is -2.96. The van der Waals surface area contributed by atoms with E-state index in [0.29, 0.717) is 13.0 Å². The monoisotopic (exact) mass is 378 g/mol. The Labute approximate surface area is 163 Å². The third-order valence-electron chi connectivity index (χ3n) is 5.29. The van der Waals surface area contributed by atoms with E-state index in [0.717, 1.165) is 57.2 Å². The van der Waals surface area contributed by atoms with Crippen LogP contribution < -0.4 is 5.73 Å². The summed E-state index contributed by atoms with van der Waals surface area (Å²) in [6.07, 6.45) is 3.46. The molecule has 146 valence electrons. The zero-order valence-corrected chi connectivity index (χ0v) is 16.2. The first-order valence-corrected chi connectivity index (χ1v) is 9.51. The van der Waals surface area contributed by atoms with Gasteiger partial charge in [-0.3, -0.25) is 0 Å². The highest BCUT2D eigenvalue weighted by Crippen LogP contribution is 2.40. The molecular weight excluding hydrogens is 352 g/mol. The zero-order chi connectivity index (χ0) is 19.8. The molecule has 0 aliphatic rings. The predicted molar refractivity (Wildman–Crippen MR) is 114 cm³/mol. The van der Waals surface area contributed by atoms with Crippen molar-refractivity contribution in [3.05, 3.63) is 47.7 Å². The number of hydrogen-bond acceptors (Lipinski definition) is 4. The lowest BCUT2D eigenvalue weighted by atomic mass is 9.99. The summed E-state index contributed by atoms with van der Waals surface area (Å²) in [4.78, 5) is 8.93. The fourth-order valence-corrected chi connectivity index (χ4v) is 3.97. The number of aromatic amines is 2. The van der Waals surface area contributed by atoms with Crippen LogP contribution in [0.1, 0.15) is 11.1 Å². The minimum atomic E-state index is 0.247. The van der Waals surface area contributed by atoms with E-state index in [9.17, 15) is 10.2 Å². The quantitative estimate of drug-likeness (QED) is 0.355. The molecule has 2 aromatic heterocycles. The van der Waals surface area contributed by atoms with Gasteiger partial charge in [-0.25, -0.2) is 0 Å². The Morgan fingerprint density at radius 2 is 1.79 bits per heavy atom. The molecule has 2 aromatic carbocycles. The maximum atomic E-state index is 10.5. The van der Waals surface area contributed by atoms with E-state index in [1.165, 1.54) is 0 Å². The summed E-state index contributed by atoms with van der Waals surface area (Å²) >= 11 is 0. The largest absolute Gasteiger partial charge is 0.507 e. The van der Waals surface area contributed by atoms with Crippen LogP contribution in [0.15, 0.2) is 36.5 Å². The van der Waals surface area contributed by atoms with Crippen molar-refractivity contribution in [2.45, 2.75) is 12.8 Å². The first kappa shape index (κ1) is 18.4. The summed E-state index contributed by atoms with van der Waals surface area (Å²) in [5, 5.41) is 22.6. The number of fused-ring (bicyclic) bond motifs is 2. The predicted octanol–water partition coefficient (Wildman–Crippen LogP) is 3.33. The number of aromatic hydroxyl groups is 2. The molecule has 4 rings (SSSR count). The number of phenols is 2. The number of hydrogen-bond donors (Lipinski definition) is 5. The first-order valence-electron chi connectivity index (χ1n) is 9.51. The normalized spacial score (nSPS) is 11.9. The lowest BCUT2D eigenvalue weighted by molar-refractivity contribution is 0.414. The molecule has 0 spiro atoms. The van der Waals surface area contributed by atoms with Gasteiger partial charge in [-0.15, -0.1) is 0 Å². The van der Waals surface area contributed by atoms with E-state index in [2.05, 4.69) is 14.9 Å². The van der Waals surface area contributed by atoms with Crippen LogP contribution in [0.5, 0.6) is 11.5 Å². The van der Waals surface area contributed by atoms with Gasteiger partial charge in [0.05, 0.1) is 11.2 Å². The summed E-state index contributed by atoms with van der Waals surface area (Å²) in [7, 11) is 4.08. The Balaban J connectivity index is 1.94. The fraction of sp³-hybridized carbons (Fsp3) is 0.273. The average molecular weight is 378 g/mol. The highest BCUT2D eigenvalue weighted by Gasteiger charge is 2.20. The van der Waals surface area contributed by atoms with E-state index < -0.39 is 0 Å². The maximum Gasteiger partial charge on any atom is 0.125 e. The van der Waals surface area contributed by atoms with Gasteiger partial charge in [-0.1, -0.05) is 6.07 Å². The second kappa shape index (κ2) is 7.22. The second-order valence-corrected chi connectivity index (χ2v) is 7.47. The van der Waals surface area contributed by atoms with Gasteiger partial charge in [0.15, 0.2) is 0 Å². The zero-order valence-electron chi connectivity index (χ0n) is 16.2. The molecule has 0 aliphatic heterocycles. The molecule has 6 heteroatoms. The summed E-state index contributed by atoms with van der Waals surface area (Å²) in [6.45, 7) is 1.38. The fourth-order valence-electron chi connectivity index (χ4n) is 3.97. The minimum Gasteiger partial charge on any atom is -0.507 e. The highest BCUT2D eigenvalue weighted by atomic mass is 16.3. The van der Waals surface area contributed by atoms with Crippen molar-refractivity contribution in [3.63, 3.8) is 0 Å². The molecule has 0 aliphatic carbocycles. The van der Waals surface area contributed by atoms with Gasteiger partial charge in [0.1, 0.15) is 11.5 Å². The summed E-state index contributed by atoms with van der Waals surface area (Å²) < 4.78 is 0. The van der Waals surface area contributed by atoms with Crippen LogP contribution in [0.25, 0.3) is 33.1 Å². The smallest absolute Gasteiger partial charge is 0.125 e.